The molecule has 1 aliphatic carbocycles. The number of hydrogen-bond donors (Lipinski definition) is 0. The zero-order chi connectivity index (χ0) is 13.8. The van der Waals surface area contributed by atoms with Crippen molar-refractivity contribution in [1.29, 1.82) is 0 Å². The van der Waals surface area contributed by atoms with E-state index in [9.17, 15) is 14.4 Å². The fraction of sp³-hybridized carbons (Fsp3) is 0.312. The van der Waals surface area contributed by atoms with Gasteiger partial charge in [0.2, 0.25) is 0 Å². The Bertz CT molecular complexity index is 567. The Hall–Kier alpha value is -2.03. The lowest BCUT2D eigenvalue weighted by Crippen LogP contribution is -2.20. The number of Topliss-reactive ketones (excluding diaryl/α,β-unsaturated/α-hetero) is 2. The van der Waals surface area contributed by atoms with Gasteiger partial charge in [-0.2, -0.15) is 0 Å². The zero-order valence-electron chi connectivity index (χ0n) is 10.9. The molecule has 1 aromatic carbocycles. The van der Waals surface area contributed by atoms with Crippen LogP contribution in [-0.4, -0.2) is 17.9 Å². The lowest BCUT2D eigenvalue weighted by Gasteiger charge is -2.18. The van der Waals surface area contributed by atoms with Crippen LogP contribution in [0, 0.1) is 0 Å². The van der Waals surface area contributed by atoms with Gasteiger partial charge >= 0.3 is 0 Å². The van der Waals surface area contributed by atoms with E-state index in [1.165, 1.54) is 0 Å². The molecule has 0 saturated heterocycles. The standard InChI is InChI=1S/C16H16O3/c1-11-12(7-3-2-6-10-17)16(19)14-9-5-4-8-13(14)15(11)18/h4-5,8-10H,2-3,6-7H2,1H3. The van der Waals surface area contributed by atoms with Crippen molar-refractivity contribution < 1.29 is 14.4 Å². The van der Waals surface area contributed by atoms with E-state index < -0.39 is 0 Å². The molecule has 0 radical (unpaired) electrons. The highest BCUT2D eigenvalue weighted by Gasteiger charge is 2.28. The van der Waals surface area contributed by atoms with Crippen molar-refractivity contribution in [2.75, 3.05) is 0 Å². The molecular formula is C16H16O3. The second kappa shape index (κ2) is 5.74. The van der Waals surface area contributed by atoms with E-state index in [1.807, 2.05) is 0 Å². The van der Waals surface area contributed by atoms with Crippen molar-refractivity contribution in [3.63, 3.8) is 0 Å². The van der Waals surface area contributed by atoms with Crippen molar-refractivity contribution in [2.24, 2.45) is 0 Å². The summed E-state index contributed by atoms with van der Waals surface area (Å²) in [7, 11) is 0. The second-order valence-corrected chi connectivity index (χ2v) is 4.72. The molecule has 0 unspecified atom stereocenters. The zero-order valence-corrected chi connectivity index (χ0v) is 10.9. The van der Waals surface area contributed by atoms with Gasteiger partial charge in [-0.25, -0.2) is 0 Å². The van der Waals surface area contributed by atoms with Crippen molar-refractivity contribution in [3.05, 3.63) is 46.5 Å². The monoisotopic (exact) mass is 256 g/mol. The van der Waals surface area contributed by atoms with Gasteiger partial charge in [0.1, 0.15) is 6.29 Å². The summed E-state index contributed by atoms with van der Waals surface area (Å²) in [5.41, 5.74) is 2.16. The Morgan fingerprint density at radius 1 is 1.00 bits per heavy atom. The topological polar surface area (TPSA) is 51.2 Å². The lowest BCUT2D eigenvalue weighted by atomic mass is 9.83. The molecule has 1 aromatic rings. The molecule has 0 heterocycles. The summed E-state index contributed by atoms with van der Waals surface area (Å²) in [5, 5.41) is 0. The van der Waals surface area contributed by atoms with Gasteiger partial charge in [0, 0.05) is 28.7 Å². The highest BCUT2D eigenvalue weighted by atomic mass is 16.1. The number of benzene rings is 1. The molecule has 0 aliphatic heterocycles. The maximum atomic E-state index is 12.4. The lowest BCUT2D eigenvalue weighted by molar-refractivity contribution is -0.107. The summed E-state index contributed by atoms with van der Waals surface area (Å²) >= 11 is 0. The molecule has 0 bridgehead atoms. The third-order valence-electron chi connectivity index (χ3n) is 3.48. The molecule has 3 heteroatoms. The summed E-state index contributed by atoms with van der Waals surface area (Å²) in [5.74, 6) is -0.0978. The van der Waals surface area contributed by atoms with Gasteiger partial charge in [-0.3, -0.25) is 9.59 Å². The molecule has 2 rings (SSSR count). The summed E-state index contributed by atoms with van der Waals surface area (Å²) < 4.78 is 0. The minimum atomic E-state index is -0.0550. The number of aldehydes is 1. The van der Waals surface area contributed by atoms with Crippen LogP contribution in [0.5, 0.6) is 0 Å². The number of carbonyl (C=O) groups is 3. The quantitative estimate of drug-likeness (QED) is 0.600. The molecule has 0 aromatic heterocycles. The first-order valence-electron chi connectivity index (χ1n) is 6.48. The minimum Gasteiger partial charge on any atom is -0.303 e. The van der Waals surface area contributed by atoms with Crippen LogP contribution in [0.25, 0.3) is 0 Å². The van der Waals surface area contributed by atoms with Crippen molar-refractivity contribution >= 4 is 17.9 Å². The van der Waals surface area contributed by atoms with Crippen molar-refractivity contribution in [1.82, 2.24) is 0 Å². The van der Waals surface area contributed by atoms with Crippen LogP contribution in [0.15, 0.2) is 35.4 Å². The first-order valence-corrected chi connectivity index (χ1v) is 6.48. The van der Waals surface area contributed by atoms with Gasteiger partial charge in [-0.05, 0) is 26.2 Å². The van der Waals surface area contributed by atoms with Crippen LogP contribution in [0.3, 0.4) is 0 Å². The molecule has 0 saturated carbocycles. The maximum Gasteiger partial charge on any atom is 0.190 e. The van der Waals surface area contributed by atoms with Gasteiger partial charge in [0.15, 0.2) is 11.6 Å². The molecule has 98 valence electrons. The number of fused-ring (bicyclic) bond motifs is 1. The average molecular weight is 256 g/mol. The van der Waals surface area contributed by atoms with E-state index in [1.54, 1.807) is 31.2 Å². The number of unbranched alkanes of at least 4 members (excludes halogenated alkanes) is 2. The normalized spacial score (nSPS) is 14.6. The van der Waals surface area contributed by atoms with Crippen molar-refractivity contribution in [3.8, 4) is 0 Å². The third kappa shape index (κ3) is 2.55. The number of allylic oxidation sites excluding steroid dienone is 2. The Balaban J connectivity index is 2.24. The summed E-state index contributed by atoms with van der Waals surface area (Å²) in [6, 6.07) is 6.94. The first-order chi connectivity index (χ1) is 9.16. The molecule has 19 heavy (non-hydrogen) atoms. The maximum absolute atomic E-state index is 12.4. The van der Waals surface area contributed by atoms with Crippen molar-refractivity contribution in [2.45, 2.75) is 32.6 Å². The van der Waals surface area contributed by atoms with E-state index in [4.69, 9.17) is 0 Å². The number of rotatable bonds is 5. The minimum absolute atomic E-state index is 0.0428. The molecular weight excluding hydrogens is 240 g/mol. The van der Waals surface area contributed by atoms with Gasteiger partial charge in [-0.15, -0.1) is 0 Å². The van der Waals surface area contributed by atoms with Crippen LogP contribution < -0.4 is 0 Å². The Morgan fingerprint density at radius 2 is 1.63 bits per heavy atom. The highest BCUT2D eigenvalue weighted by molar-refractivity contribution is 6.26. The predicted molar refractivity (Wildman–Crippen MR) is 72.3 cm³/mol. The molecule has 0 N–H and O–H groups in total. The smallest absolute Gasteiger partial charge is 0.190 e. The second-order valence-electron chi connectivity index (χ2n) is 4.72. The SMILES string of the molecule is CC1=C(CCCCC=O)C(=O)c2ccccc2C1=O. The average Bonchev–Trinajstić information content (AvgIpc) is 2.44. The Labute approximate surface area is 112 Å². The number of hydrogen-bond acceptors (Lipinski definition) is 3. The summed E-state index contributed by atoms with van der Waals surface area (Å²) in [6.07, 6.45) is 3.46. The van der Waals surface area contributed by atoms with Gasteiger partial charge in [0.05, 0.1) is 0 Å². The van der Waals surface area contributed by atoms with E-state index in [0.717, 1.165) is 19.1 Å². The van der Waals surface area contributed by atoms with Crippen LogP contribution in [0.2, 0.25) is 0 Å². The van der Waals surface area contributed by atoms with Crippen LogP contribution >= 0.6 is 0 Å². The van der Waals surface area contributed by atoms with E-state index >= 15 is 0 Å². The highest BCUT2D eigenvalue weighted by Crippen LogP contribution is 2.28. The number of carbonyl (C=O) groups excluding carboxylic acids is 3. The fourth-order valence-corrected chi connectivity index (χ4v) is 2.38. The number of ketones is 2. The molecule has 3 nitrogen and oxygen atoms in total. The predicted octanol–water partition coefficient (Wildman–Crippen LogP) is 3.14. The van der Waals surface area contributed by atoms with Gasteiger partial charge < -0.3 is 4.79 Å². The largest absolute Gasteiger partial charge is 0.303 e. The molecule has 0 amide bonds. The van der Waals surface area contributed by atoms with Gasteiger partial charge in [-0.1, -0.05) is 24.3 Å². The Morgan fingerprint density at radius 3 is 2.26 bits per heavy atom. The molecule has 0 fully saturated rings. The summed E-state index contributed by atoms with van der Waals surface area (Å²) in [4.78, 5) is 34.8. The first kappa shape index (κ1) is 13.4. The van der Waals surface area contributed by atoms with Crippen LogP contribution in [-0.2, 0) is 4.79 Å². The van der Waals surface area contributed by atoms with E-state index in [0.29, 0.717) is 35.1 Å². The Kier molecular flexibility index (Phi) is 4.05. The van der Waals surface area contributed by atoms with Crippen LogP contribution in [0.1, 0.15) is 53.3 Å². The van der Waals surface area contributed by atoms with E-state index in [2.05, 4.69) is 0 Å². The third-order valence-corrected chi connectivity index (χ3v) is 3.48. The summed E-state index contributed by atoms with van der Waals surface area (Å²) in [6.45, 7) is 1.71. The molecule has 0 atom stereocenters. The van der Waals surface area contributed by atoms with E-state index in [-0.39, 0.29) is 11.6 Å². The molecule has 0 spiro atoms. The van der Waals surface area contributed by atoms with Crippen LogP contribution in [0.4, 0.5) is 0 Å². The molecule has 1 aliphatic rings. The van der Waals surface area contributed by atoms with Gasteiger partial charge in [0.25, 0.3) is 0 Å². The fourth-order valence-electron chi connectivity index (χ4n) is 2.38.